The quantitative estimate of drug-likeness (QED) is 0.623. The molecule has 0 saturated heterocycles. The molecule has 68 valence electrons. The lowest BCUT2D eigenvalue weighted by Crippen LogP contribution is -2.30. The average Bonchev–Trinajstić information content (AvgIpc) is 1.86. The van der Waals surface area contributed by atoms with Gasteiger partial charge in [-0.15, -0.1) is 0 Å². The van der Waals surface area contributed by atoms with Crippen molar-refractivity contribution in [2.75, 3.05) is 19.8 Å². The summed E-state index contributed by atoms with van der Waals surface area (Å²) in [4.78, 5) is 0. The van der Waals surface area contributed by atoms with Gasteiger partial charge in [-0.05, 0) is 17.9 Å². The van der Waals surface area contributed by atoms with Crippen molar-refractivity contribution < 1.29 is 4.39 Å². The molecule has 1 atom stereocenters. The molecule has 0 aromatic heterocycles. The lowest BCUT2D eigenvalue weighted by Gasteiger charge is -2.27. The molecule has 0 aliphatic heterocycles. The molecule has 1 nitrogen and oxygen atoms in total. The molecule has 0 amide bonds. The van der Waals surface area contributed by atoms with Crippen molar-refractivity contribution in [3.05, 3.63) is 0 Å². The first-order valence-electron chi connectivity index (χ1n) is 4.25. The Labute approximate surface area is 69.4 Å². The van der Waals surface area contributed by atoms with Crippen LogP contribution in [0.15, 0.2) is 0 Å². The highest BCUT2D eigenvalue weighted by Gasteiger charge is 2.18. The van der Waals surface area contributed by atoms with E-state index in [4.69, 9.17) is 0 Å². The second-order valence-corrected chi connectivity index (χ2v) is 4.16. The van der Waals surface area contributed by atoms with E-state index in [9.17, 15) is 4.39 Å². The van der Waals surface area contributed by atoms with Gasteiger partial charge in [0.2, 0.25) is 0 Å². The second-order valence-electron chi connectivity index (χ2n) is 4.16. The van der Waals surface area contributed by atoms with E-state index in [1.54, 1.807) is 0 Å². The van der Waals surface area contributed by atoms with Crippen LogP contribution in [0.3, 0.4) is 0 Å². The maximum absolute atomic E-state index is 11.7. The molecule has 1 unspecified atom stereocenters. The van der Waals surface area contributed by atoms with Crippen molar-refractivity contribution in [2.24, 2.45) is 11.3 Å². The number of rotatable bonds is 4. The minimum atomic E-state index is -0.267. The lowest BCUT2D eigenvalue weighted by molar-refractivity contribution is 0.251. The molecule has 0 fully saturated rings. The van der Waals surface area contributed by atoms with Crippen molar-refractivity contribution in [1.82, 2.24) is 5.32 Å². The van der Waals surface area contributed by atoms with Crippen LogP contribution < -0.4 is 5.32 Å². The van der Waals surface area contributed by atoms with Crippen LogP contribution in [0.25, 0.3) is 0 Å². The summed E-state index contributed by atoms with van der Waals surface area (Å²) in [6.07, 6.45) is 0. The van der Waals surface area contributed by atoms with Crippen LogP contribution in [-0.4, -0.2) is 19.8 Å². The Hall–Kier alpha value is -0.110. The van der Waals surface area contributed by atoms with Crippen LogP contribution in [0.5, 0.6) is 0 Å². The summed E-state index contributed by atoms with van der Waals surface area (Å²) in [7, 11) is 0. The zero-order chi connectivity index (χ0) is 8.91. The van der Waals surface area contributed by atoms with Gasteiger partial charge in [0.15, 0.2) is 0 Å². The zero-order valence-corrected chi connectivity index (χ0v) is 8.08. The molecule has 11 heavy (non-hydrogen) atoms. The molecular weight excluding hydrogens is 141 g/mol. The fourth-order valence-electron chi connectivity index (χ4n) is 0.692. The molecular formula is C9H20FN. The van der Waals surface area contributed by atoms with Crippen LogP contribution in [0.1, 0.15) is 27.7 Å². The number of halogens is 1. The summed E-state index contributed by atoms with van der Waals surface area (Å²) in [5, 5.41) is 3.07. The Morgan fingerprint density at radius 2 is 1.91 bits per heavy atom. The summed E-state index contributed by atoms with van der Waals surface area (Å²) in [5.74, 6) is 0.592. The van der Waals surface area contributed by atoms with Gasteiger partial charge in [-0.2, -0.15) is 0 Å². The summed E-state index contributed by atoms with van der Waals surface area (Å²) >= 11 is 0. The lowest BCUT2D eigenvalue weighted by atomic mass is 9.82. The zero-order valence-electron chi connectivity index (χ0n) is 8.08. The van der Waals surface area contributed by atoms with E-state index in [1.807, 2.05) is 0 Å². The monoisotopic (exact) mass is 161 g/mol. The van der Waals surface area contributed by atoms with Gasteiger partial charge in [0.25, 0.3) is 0 Å². The first-order chi connectivity index (χ1) is 4.98. The van der Waals surface area contributed by atoms with Crippen LogP contribution in [0, 0.1) is 11.3 Å². The SMILES string of the molecule is CC(CNCCF)C(C)(C)C. The predicted octanol–water partition coefficient (Wildman–Crippen LogP) is 2.23. The number of hydrogen-bond acceptors (Lipinski definition) is 1. The van der Waals surface area contributed by atoms with E-state index in [0.29, 0.717) is 17.9 Å². The van der Waals surface area contributed by atoms with Gasteiger partial charge in [-0.1, -0.05) is 27.7 Å². The van der Waals surface area contributed by atoms with Crippen molar-refractivity contribution in [1.29, 1.82) is 0 Å². The predicted molar refractivity (Wildman–Crippen MR) is 47.5 cm³/mol. The largest absolute Gasteiger partial charge is 0.314 e. The van der Waals surface area contributed by atoms with Crippen LogP contribution >= 0.6 is 0 Å². The van der Waals surface area contributed by atoms with Crippen molar-refractivity contribution >= 4 is 0 Å². The van der Waals surface area contributed by atoms with Gasteiger partial charge in [0, 0.05) is 6.54 Å². The van der Waals surface area contributed by atoms with Crippen molar-refractivity contribution in [2.45, 2.75) is 27.7 Å². The Balaban J connectivity index is 3.44. The molecule has 0 saturated carbocycles. The van der Waals surface area contributed by atoms with Gasteiger partial charge in [0.05, 0.1) is 0 Å². The summed E-state index contributed by atoms with van der Waals surface area (Å²) < 4.78 is 11.7. The molecule has 0 heterocycles. The average molecular weight is 161 g/mol. The topological polar surface area (TPSA) is 12.0 Å². The van der Waals surface area contributed by atoms with E-state index in [2.05, 4.69) is 33.0 Å². The van der Waals surface area contributed by atoms with Gasteiger partial charge in [-0.3, -0.25) is 0 Å². The maximum Gasteiger partial charge on any atom is 0.102 e. The van der Waals surface area contributed by atoms with Crippen LogP contribution in [0.2, 0.25) is 0 Å². The standard InChI is InChI=1S/C9H20FN/c1-8(9(2,3)4)7-11-6-5-10/h8,11H,5-7H2,1-4H3. The number of alkyl halides is 1. The van der Waals surface area contributed by atoms with E-state index < -0.39 is 0 Å². The van der Waals surface area contributed by atoms with Crippen molar-refractivity contribution in [3.8, 4) is 0 Å². The fraction of sp³-hybridized carbons (Fsp3) is 1.00. The minimum absolute atomic E-state index is 0.267. The third kappa shape index (κ3) is 5.19. The molecule has 0 aromatic carbocycles. The van der Waals surface area contributed by atoms with E-state index >= 15 is 0 Å². The fourth-order valence-corrected chi connectivity index (χ4v) is 0.692. The smallest absolute Gasteiger partial charge is 0.102 e. The minimum Gasteiger partial charge on any atom is -0.314 e. The molecule has 0 aliphatic carbocycles. The van der Waals surface area contributed by atoms with Gasteiger partial charge < -0.3 is 5.32 Å². The van der Waals surface area contributed by atoms with E-state index in [-0.39, 0.29) is 6.67 Å². The van der Waals surface area contributed by atoms with Gasteiger partial charge >= 0.3 is 0 Å². The molecule has 2 heteroatoms. The van der Waals surface area contributed by atoms with Crippen LogP contribution in [0.4, 0.5) is 4.39 Å². The second kappa shape index (κ2) is 4.70. The van der Waals surface area contributed by atoms with Crippen molar-refractivity contribution in [3.63, 3.8) is 0 Å². The van der Waals surface area contributed by atoms with Gasteiger partial charge in [0.1, 0.15) is 6.67 Å². The van der Waals surface area contributed by atoms with Gasteiger partial charge in [-0.25, -0.2) is 4.39 Å². The summed E-state index contributed by atoms with van der Waals surface area (Å²) in [5.41, 5.74) is 0.323. The molecule has 0 radical (unpaired) electrons. The molecule has 0 bridgehead atoms. The normalized spacial score (nSPS) is 15.0. The molecule has 1 N–H and O–H groups in total. The number of nitrogens with one attached hydrogen (secondary N) is 1. The van der Waals surface area contributed by atoms with Crippen LogP contribution in [-0.2, 0) is 0 Å². The Morgan fingerprint density at radius 1 is 1.36 bits per heavy atom. The summed E-state index contributed by atoms with van der Waals surface area (Å²) in [6, 6.07) is 0. The van der Waals surface area contributed by atoms with E-state index in [1.165, 1.54) is 0 Å². The highest BCUT2D eigenvalue weighted by molar-refractivity contribution is 4.71. The highest BCUT2D eigenvalue weighted by atomic mass is 19.1. The Morgan fingerprint density at radius 3 is 2.27 bits per heavy atom. The summed E-state index contributed by atoms with van der Waals surface area (Å²) in [6.45, 7) is 9.92. The number of hydrogen-bond donors (Lipinski definition) is 1. The molecule has 0 spiro atoms. The molecule has 0 rings (SSSR count). The molecule has 0 aliphatic rings. The molecule has 0 aromatic rings. The highest BCUT2D eigenvalue weighted by Crippen LogP contribution is 2.24. The first kappa shape index (κ1) is 10.9. The third-order valence-electron chi connectivity index (χ3n) is 2.20. The first-order valence-corrected chi connectivity index (χ1v) is 4.25. The Bertz CT molecular complexity index is 96.2. The van der Waals surface area contributed by atoms with E-state index in [0.717, 1.165) is 6.54 Å². The maximum atomic E-state index is 11.7. The Kier molecular flexibility index (Phi) is 4.66. The third-order valence-corrected chi connectivity index (χ3v) is 2.20.